The van der Waals surface area contributed by atoms with E-state index in [-0.39, 0.29) is 5.41 Å². The molecule has 0 fully saturated rings. The summed E-state index contributed by atoms with van der Waals surface area (Å²) in [5.41, 5.74) is 7.93. The first-order valence-electron chi connectivity index (χ1n) is 8.21. The molecule has 0 radical (unpaired) electrons. The Labute approximate surface area is 139 Å². The normalized spacial score (nSPS) is 11.5. The van der Waals surface area contributed by atoms with Crippen LogP contribution in [0.2, 0.25) is 0 Å². The Balaban J connectivity index is 2.20. The summed E-state index contributed by atoms with van der Waals surface area (Å²) in [6.07, 6.45) is 0. The number of hydrogen-bond acceptors (Lipinski definition) is 0. The third kappa shape index (κ3) is 3.53. The molecule has 3 aromatic carbocycles. The number of aryl methyl sites for hydroxylation is 1. The second kappa shape index (κ2) is 6.04. The molecule has 0 atom stereocenters. The first-order valence-corrected chi connectivity index (χ1v) is 8.21. The second-order valence-corrected chi connectivity index (χ2v) is 7.28. The third-order valence-electron chi connectivity index (χ3n) is 4.26. The second-order valence-electron chi connectivity index (χ2n) is 7.28. The largest absolute Gasteiger partial charge is 0.0622 e. The van der Waals surface area contributed by atoms with E-state index in [0.717, 1.165) is 0 Å². The van der Waals surface area contributed by atoms with E-state index in [0.29, 0.717) is 0 Å². The Bertz CT molecular complexity index is 805. The molecule has 0 bridgehead atoms. The Hall–Kier alpha value is -2.34. The molecule has 0 spiro atoms. The van der Waals surface area contributed by atoms with Crippen LogP contribution in [0.5, 0.6) is 0 Å². The Morgan fingerprint density at radius 2 is 1.17 bits per heavy atom. The van der Waals surface area contributed by atoms with Crippen molar-refractivity contribution in [1.82, 2.24) is 0 Å². The highest BCUT2D eigenvalue weighted by Crippen LogP contribution is 2.33. The summed E-state index contributed by atoms with van der Waals surface area (Å²) in [6.45, 7) is 8.97. The van der Waals surface area contributed by atoms with Crippen LogP contribution in [0.1, 0.15) is 31.9 Å². The standard InChI is InChI=1S/C23H24/c1-17-9-8-12-19(13-17)21-14-20(18-10-6-5-7-11-18)15-22(16-21)23(2,3)4/h5-16H,1-4H3. The maximum absolute atomic E-state index is 2.33. The van der Waals surface area contributed by atoms with Crippen LogP contribution >= 0.6 is 0 Å². The summed E-state index contributed by atoms with van der Waals surface area (Å²) in [7, 11) is 0. The molecule has 0 nitrogen and oxygen atoms in total. The zero-order chi connectivity index (χ0) is 16.4. The summed E-state index contributed by atoms with van der Waals surface area (Å²) in [5, 5.41) is 0. The van der Waals surface area contributed by atoms with Crippen molar-refractivity contribution in [3.63, 3.8) is 0 Å². The third-order valence-corrected chi connectivity index (χ3v) is 4.26. The molecule has 3 aromatic rings. The van der Waals surface area contributed by atoms with E-state index >= 15 is 0 Å². The molecular weight excluding hydrogens is 276 g/mol. The van der Waals surface area contributed by atoms with Gasteiger partial charge in [-0.25, -0.2) is 0 Å². The zero-order valence-electron chi connectivity index (χ0n) is 14.4. The quantitative estimate of drug-likeness (QED) is 0.498. The summed E-state index contributed by atoms with van der Waals surface area (Å²) < 4.78 is 0. The van der Waals surface area contributed by atoms with Gasteiger partial charge in [-0.15, -0.1) is 0 Å². The lowest BCUT2D eigenvalue weighted by Crippen LogP contribution is -2.11. The van der Waals surface area contributed by atoms with Gasteiger partial charge in [-0.1, -0.05) is 93.1 Å². The summed E-state index contributed by atoms with van der Waals surface area (Å²) in [6, 6.07) is 26.3. The van der Waals surface area contributed by atoms with Gasteiger partial charge < -0.3 is 0 Å². The molecule has 0 aliphatic heterocycles. The van der Waals surface area contributed by atoms with Gasteiger partial charge in [0, 0.05) is 0 Å². The number of benzene rings is 3. The molecule has 3 rings (SSSR count). The van der Waals surface area contributed by atoms with Crippen molar-refractivity contribution in [1.29, 1.82) is 0 Å². The molecule has 0 N–H and O–H groups in total. The van der Waals surface area contributed by atoms with E-state index in [2.05, 4.69) is 100 Å². The fourth-order valence-electron chi connectivity index (χ4n) is 2.85. The molecule has 0 unspecified atom stereocenters. The molecule has 116 valence electrons. The van der Waals surface area contributed by atoms with Gasteiger partial charge in [0.2, 0.25) is 0 Å². The van der Waals surface area contributed by atoms with Crippen LogP contribution in [0.3, 0.4) is 0 Å². The van der Waals surface area contributed by atoms with E-state index in [1.165, 1.54) is 33.4 Å². The molecule has 23 heavy (non-hydrogen) atoms. The molecule has 0 saturated carbocycles. The van der Waals surface area contributed by atoms with Gasteiger partial charge in [0.05, 0.1) is 0 Å². The topological polar surface area (TPSA) is 0 Å². The molecule has 0 aliphatic carbocycles. The van der Waals surface area contributed by atoms with Gasteiger partial charge in [-0.2, -0.15) is 0 Å². The van der Waals surface area contributed by atoms with E-state index in [1.807, 2.05) is 0 Å². The zero-order valence-corrected chi connectivity index (χ0v) is 14.4. The van der Waals surface area contributed by atoms with Crippen LogP contribution in [-0.4, -0.2) is 0 Å². The van der Waals surface area contributed by atoms with Crippen LogP contribution in [0, 0.1) is 6.92 Å². The van der Waals surface area contributed by atoms with Gasteiger partial charge in [-0.3, -0.25) is 0 Å². The van der Waals surface area contributed by atoms with Gasteiger partial charge in [-0.05, 0) is 46.2 Å². The number of rotatable bonds is 2. The summed E-state index contributed by atoms with van der Waals surface area (Å²) >= 11 is 0. The van der Waals surface area contributed by atoms with Crippen molar-refractivity contribution in [3.8, 4) is 22.3 Å². The highest BCUT2D eigenvalue weighted by atomic mass is 14.2. The van der Waals surface area contributed by atoms with Crippen molar-refractivity contribution in [2.75, 3.05) is 0 Å². The van der Waals surface area contributed by atoms with Gasteiger partial charge >= 0.3 is 0 Å². The lowest BCUT2D eigenvalue weighted by atomic mass is 9.83. The van der Waals surface area contributed by atoms with Gasteiger partial charge in [0.1, 0.15) is 0 Å². The van der Waals surface area contributed by atoms with Crippen molar-refractivity contribution in [2.24, 2.45) is 0 Å². The fraction of sp³-hybridized carbons (Fsp3) is 0.217. The van der Waals surface area contributed by atoms with Crippen molar-refractivity contribution >= 4 is 0 Å². The summed E-state index contributed by atoms with van der Waals surface area (Å²) in [4.78, 5) is 0. The molecular formula is C23H24. The molecule has 0 heterocycles. The number of hydrogen-bond donors (Lipinski definition) is 0. The van der Waals surface area contributed by atoms with Gasteiger partial charge in [0.25, 0.3) is 0 Å². The van der Waals surface area contributed by atoms with Crippen LogP contribution in [0.4, 0.5) is 0 Å². The predicted molar refractivity (Wildman–Crippen MR) is 101 cm³/mol. The van der Waals surface area contributed by atoms with E-state index in [9.17, 15) is 0 Å². The van der Waals surface area contributed by atoms with Crippen molar-refractivity contribution in [3.05, 3.63) is 83.9 Å². The minimum absolute atomic E-state index is 0.128. The SMILES string of the molecule is Cc1cccc(-c2cc(-c3ccccc3)cc(C(C)(C)C)c2)c1. The van der Waals surface area contributed by atoms with Gasteiger partial charge in [0.15, 0.2) is 0 Å². The van der Waals surface area contributed by atoms with Crippen LogP contribution in [0.25, 0.3) is 22.3 Å². The van der Waals surface area contributed by atoms with Crippen molar-refractivity contribution < 1.29 is 0 Å². The molecule has 0 heteroatoms. The Morgan fingerprint density at radius 1 is 0.565 bits per heavy atom. The first-order chi connectivity index (χ1) is 10.9. The van der Waals surface area contributed by atoms with E-state index < -0.39 is 0 Å². The smallest absolute Gasteiger partial charge is 0.0131 e. The first kappa shape index (κ1) is 15.6. The minimum Gasteiger partial charge on any atom is -0.0622 e. The maximum atomic E-state index is 2.33. The molecule has 0 aromatic heterocycles. The van der Waals surface area contributed by atoms with E-state index in [4.69, 9.17) is 0 Å². The molecule has 0 saturated heterocycles. The lowest BCUT2D eigenvalue weighted by molar-refractivity contribution is 0.590. The minimum atomic E-state index is 0.128. The Kier molecular flexibility index (Phi) is 4.09. The van der Waals surface area contributed by atoms with Crippen molar-refractivity contribution in [2.45, 2.75) is 33.1 Å². The lowest BCUT2D eigenvalue weighted by Gasteiger charge is -2.22. The predicted octanol–water partition coefficient (Wildman–Crippen LogP) is 6.63. The average molecular weight is 300 g/mol. The van der Waals surface area contributed by atoms with Crippen LogP contribution in [-0.2, 0) is 5.41 Å². The fourth-order valence-corrected chi connectivity index (χ4v) is 2.85. The molecule has 0 aliphatic rings. The monoisotopic (exact) mass is 300 g/mol. The van der Waals surface area contributed by atoms with Crippen LogP contribution < -0.4 is 0 Å². The van der Waals surface area contributed by atoms with E-state index in [1.54, 1.807) is 0 Å². The highest BCUT2D eigenvalue weighted by molar-refractivity contribution is 5.74. The molecule has 0 amide bonds. The highest BCUT2D eigenvalue weighted by Gasteiger charge is 2.16. The average Bonchev–Trinajstić information content (AvgIpc) is 2.54. The van der Waals surface area contributed by atoms with Crippen LogP contribution in [0.15, 0.2) is 72.8 Å². The maximum Gasteiger partial charge on any atom is -0.0131 e. The summed E-state index contributed by atoms with van der Waals surface area (Å²) in [5.74, 6) is 0. The Morgan fingerprint density at radius 3 is 1.78 bits per heavy atom.